The highest BCUT2D eigenvalue weighted by Gasteiger charge is 2.10. The van der Waals surface area contributed by atoms with E-state index < -0.39 is 0 Å². The molecule has 1 N–H and O–H groups in total. The van der Waals surface area contributed by atoms with Crippen LogP contribution in [0.15, 0.2) is 45.8 Å². The van der Waals surface area contributed by atoms with E-state index in [9.17, 15) is 4.79 Å². The average molecular weight is 357 g/mol. The van der Waals surface area contributed by atoms with E-state index in [4.69, 9.17) is 11.6 Å². The van der Waals surface area contributed by atoms with E-state index in [-0.39, 0.29) is 5.91 Å². The minimum absolute atomic E-state index is 0.186. The van der Waals surface area contributed by atoms with E-state index in [1.54, 1.807) is 30.3 Å². The smallest absolute Gasteiger partial charge is 0.255 e. The third kappa shape index (κ3) is 3.53. The molecule has 5 heteroatoms. The van der Waals surface area contributed by atoms with Gasteiger partial charge >= 0.3 is 0 Å². The summed E-state index contributed by atoms with van der Waals surface area (Å²) in [6, 6.07) is 10.6. The Morgan fingerprint density at radius 2 is 1.89 bits per heavy atom. The van der Waals surface area contributed by atoms with Gasteiger partial charge in [-0.1, -0.05) is 11.6 Å². The van der Waals surface area contributed by atoms with E-state index >= 15 is 0 Å². The Hall–Kier alpha value is -0.970. The zero-order chi connectivity index (χ0) is 14.0. The summed E-state index contributed by atoms with van der Waals surface area (Å²) in [5.74, 6) is -0.186. The molecule has 0 saturated heterocycles. The number of amides is 1. The molecule has 2 aromatic rings. The Bertz CT molecular complexity index is 628. The van der Waals surface area contributed by atoms with Crippen molar-refractivity contribution in [2.24, 2.45) is 0 Å². The van der Waals surface area contributed by atoms with Crippen LogP contribution >= 0.6 is 40.2 Å². The minimum Gasteiger partial charge on any atom is -0.321 e. The topological polar surface area (TPSA) is 29.1 Å². The van der Waals surface area contributed by atoms with Gasteiger partial charge in [0.25, 0.3) is 5.91 Å². The van der Waals surface area contributed by atoms with Gasteiger partial charge in [0.15, 0.2) is 0 Å². The first-order valence-corrected chi connectivity index (χ1v) is 7.15. The number of nitrogens with one attached hydrogen (secondary N) is 1. The summed E-state index contributed by atoms with van der Waals surface area (Å²) in [4.78, 5) is 12.9. The Morgan fingerprint density at radius 3 is 2.53 bits per heavy atom. The van der Waals surface area contributed by atoms with Crippen LogP contribution in [0.2, 0.25) is 5.02 Å². The lowest BCUT2D eigenvalue weighted by Gasteiger charge is -2.09. The molecule has 2 aromatic carbocycles. The van der Waals surface area contributed by atoms with E-state index in [2.05, 4.69) is 33.9 Å². The Labute approximate surface area is 130 Å². The molecule has 2 nitrogen and oxygen atoms in total. The fourth-order valence-corrected chi connectivity index (χ4v) is 2.42. The fraction of sp³-hybridized carbons (Fsp3) is 0.0714. The van der Waals surface area contributed by atoms with Crippen LogP contribution in [0.5, 0.6) is 0 Å². The molecule has 0 saturated carbocycles. The van der Waals surface area contributed by atoms with Crippen LogP contribution in [0.4, 0.5) is 5.69 Å². The number of hydrogen-bond acceptors (Lipinski definition) is 2. The van der Waals surface area contributed by atoms with Gasteiger partial charge in [0.05, 0.1) is 5.69 Å². The molecular formula is C14H11BrClNOS. The van der Waals surface area contributed by atoms with Crippen molar-refractivity contribution < 1.29 is 4.79 Å². The van der Waals surface area contributed by atoms with Crippen LogP contribution in [0, 0.1) is 6.92 Å². The van der Waals surface area contributed by atoms with Crippen molar-refractivity contribution in [1.82, 2.24) is 0 Å². The SMILES string of the molecule is Cc1cc(Br)c(NC(=O)c2ccc(S)cc2)cc1Cl. The second-order valence-electron chi connectivity index (χ2n) is 4.08. The van der Waals surface area contributed by atoms with Gasteiger partial charge in [0, 0.05) is 20.0 Å². The molecule has 0 radical (unpaired) electrons. The summed E-state index contributed by atoms with van der Waals surface area (Å²) >= 11 is 13.6. The van der Waals surface area contributed by atoms with Gasteiger partial charge in [-0.15, -0.1) is 12.6 Å². The summed E-state index contributed by atoms with van der Waals surface area (Å²) in [6.45, 7) is 1.91. The van der Waals surface area contributed by atoms with Crippen LogP contribution in [0.3, 0.4) is 0 Å². The van der Waals surface area contributed by atoms with Crippen LogP contribution in [-0.2, 0) is 0 Å². The molecule has 0 bridgehead atoms. The molecule has 0 heterocycles. The molecule has 0 aromatic heterocycles. The largest absolute Gasteiger partial charge is 0.321 e. The van der Waals surface area contributed by atoms with Gasteiger partial charge in [-0.3, -0.25) is 4.79 Å². The van der Waals surface area contributed by atoms with Crippen molar-refractivity contribution in [3.05, 3.63) is 57.0 Å². The van der Waals surface area contributed by atoms with E-state index in [0.29, 0.717) is 16.3 Å². The van der Waals surface area contributed by atoms with Crippen LogP contribution < -0.4 is 5.32 Å². The summed E-state index contributed by atoms with van der Waals surface area (Å²) in [5, 5.41) is 3.43. The van der Waals surface area contributed by atoms with Crippen molar-refractivity contribution in [1.29, 1.82) is 0 Å². The second-order valence-corrected chi connectivity index (χ2v) is 5.86. The zero-order valence-electron chi connectivity index (χ0n) is 10.1. The molecule has 1 amide bonds. The van der Waals surface area contributed by atoms with Gasteiger partial charge in [-0.05, 0) is 64.8 Å². The second kappa shape index (κ2) is 5.99. The van der Waals surface area contributed by atoms with Crippen molar-refractivity contribution in [2.75, 3.05) is 5.32 Å². The lowest BCUT2D eigenvalue weighted by Crippen LogP contribution is -2.12. The Balaban J connectivity index is 2.24. The number of benzene rings is 2. The molecule has 0 aliphatic carbocycles. The number of carbonyl (C=O) groups is 1. The first kappa shape index (κ1) is 14.4. The van der Waals surface area contributed by atoms with E-state index in [1.807, 2.05) is 13.0 Å². The third-order valence-electron chi connectivity index (χ3n) is 2.63. The van der Waals surface area contributed by atoms with Gasteiger partial charge in [0.1, 0.15) is 0 Å². The number of halogens is 2. The lowest BCUT2D eigenvalue weighted by molar-refractivity contribution is 0.102. The van der Waals surface area contributed by atoms with E-state index in [1.165, 1.54) is 0 Å². The predicted octanol–water partition coefficient (Wildman–Crippen LogP) is 4.95. The van der Waals surface area contributed by atoms with Crippen molar-refractivity contribution >= 4 is 51.8 Å². The molecule has 0 aliphatic rings. The molecule has 0 unspecified atom stereocenters. The van der Waals surface area contributed by atoms with Gasteiger partial charge in [-0.2, -0.15) is 0 Å². The van der Waals surface area contributed by atoms with Crippen LogP contribution in [0.1, 0.15) is 15.9 Å². The monoisotopic (exact) mass is 355 g/mol. The maximum Gasteiger partial charge on any atom is 0.255 e. The number of thiol groups is 1. The van der Waals surface area contributed by atoms with Gasteiger partial charge < -0.3 is 5.32 Å². The number of hydrogen-bond donors (Lipinski definition) is 2. The Kier molecular flexibility index (Phi) is 4.55. The highest BCUT2D eigenvalue weighted by molar-refractivity contribution is 9.10. The highest BCUT2D eigenvalue weighted by Crippen LogP contribution is 2.29. The first-order valence-electron chi connectivity index (χ1n) is 5.53. The number of rotatable bonds is 2. The zero-order valence-corrected chi connectivity index (χ0v) is 13.3. The summed E-state index contributed by atoms with van der Waals surface area (Å²) < 4.78 is 0.800. The standard InChI is InChI=1S/C14H11BrClNOS/c1-8-6-11(15)13(7-12(8)16)17-14(18)9-2-4-10(19)5-3-9/h2-7,19H,1H3,(H,17,18). The number of anilines is 1. The lowest BCUT2D eigenvalue weighted by atomic mass is 10.2. The first-order chi connectivity index (χ1) is 8.97. The van der Waals surface area contributed by atoms with Crippen LogP contribution in [-0.4, -0.2) is 5.91 Å². The maximum atomic E-state index is 12.1. The van der Waals surface area contributed by atoms with Crippen LogP contribution in [0.25, 0.3) is 0 Å². The van der Waals surface area contributed by atoms with Gasteiger partial charge in [0.2, 0.25) is 0 Å². The van der Waals surface area contributed by atoms with Crippen molar-refractivity contribution in [3.8, 4) is 0 Å². The molecule has 0 fully saturated rings. The summed E-state index contributed by atoms with van der Waals surface area (Å²) in [6.07, 6.45) is 0. The molecule has 2 rings (SSSR count). The van der Waals surface area contributed by atoms with Crippen molar-refractivity contribution in [3.63, 3.8) is 0 Å². The molecule has 98 valence electrons. The number of aryl methyl sites for hydroxylation is 1. The normalized spacial score (nSPS) is 10.3. The summed E-state index contributed by atoms with van der Waals surface area (Å²) in [5.41, 5.74) is 2.17. The van der Waals surface area contributed by atoms with E-state index in [0.717, 1.165) is 14.9 Å². The molecule has 0 atom stereocenters. The molecular weight excluding hydrogens is 346 g/mol. The molecule has 0 aliphatic heterocycles. The molecule has 19 heavy (non-hydrogen) atoms. The van der Waals surface area contributed by atoms with Gasteiger partial charge in [-0.25, -0.2) is 0 Å². The minimum atomic E-state index is -0.186. The highest BCUT2D eigenvalue weighted by atomic mass is 79.9. The summed E-state index contributed by atoms with van der Waals surface area (Å²) in [7, 11) is 0. The third-order valence-corrected chi connectivity index (χ3v) is 3.99. The quantitative estimate of drug-likeness (QED) is 0.732. The molecule has 0 spiro atoms. The fourth-order valence-electron chi connectivity index (χ4n) is 1.55. The Morgan fingerprint density at radius 1 is 1.26 bits per heavy atom. The maximum absolute atomic E-state index is 12.1. The predicted molar refractivity (Wildman–Crippen MR) is 85.5 cm³/mol. The van der Waals surface area contributed by atoms with Crippen molar-refractivity contribution in [2.45, 2.75) is 11.8 Å². The number of carbonyl (C=O) groups excluding carboxylic acids is 1. The average Bonchev–Trinajstić information content (AvgIpc) is 2.36.